The summed E-state index contributed by atoms with van der Waals surface area (Å²) in [5, 5.41) is 10.7. The minimum atomic E-state index is -0.835. The standard InChI is InChI=1S/C24H40N6O6/c1-15(2)21(29-18(31)10-6-5-7-14-30-19(32)11-12-20(30)33)23(35)28-17(22(34)27-16(3)4)9-8-13-26-24(25)36/h11-12,15-17,21H,5-10,13-14H2,1-4H3,(H,27,34)(H,28,35)(H,29,31)(H3,25,26,36)/t17-,21-/m0/s1. The van der Waals surface area contributed by atoms with E-state index in [9.17, 15) is 28.8 Å². The monoisotopic (exact) mass is 508 g/mol. The number of nitrogens with zero attached hydrogens (tertiary/aromatic N) is 1. The van der Waals surface area contributed by atoms with E-state index in [4.69, 9.17) is 5.73 Å². The average Bonchev–Trinajstić information content (AvgIpc) is 3.10. The van der Waals surface area contributed by atoms with Crippen molar-refractivity contribution in [2.45, 2.75) is 84.3 Å². The highest BCUT2D eigenvalue weighted by molar-refractivity contribution is 6.12. The topological polar surface area (TPSA) is 180 Å². The molecule has 6 N–H and O–H groups in total. The Bertz CT molecular complexity index is 823. The molecule has 0 fully saturated rings. The van der Waals surface area contributed by atoms with Crippen LogP contribution in [0.1, 0.15) is 66.2 Å². The maximum absolute atomic E-state index is 13.0. The van der Waals surface area contributed by atoms with E-state index in [1.807, 2.05) is 0 Å². The molecule has 1 heterocycles. The van der Waals surface area contributed by atoms with Crippen LogP contribution in [0.2, 0.25) is 0 Å². The van der Waals surface area contributed by atoms with Gasteiger partial charge in [-0.05, 0) is 45.4 Å². The van der Waals surface area contributed by atoms with Crippen molar-refractivity contribution in [1.82, 2.24) is 26.2 Å². The SMILES string of the molecule is CC(C)NC(=O)[C@H](CCCNC(N)=O)NC(=O)[C@@H](NC(=O)CCCCCN1C(=O)C=CC1=O)C(C)C. The molecule has 0 saturated carbocycles. The molecular weight excluding hydrogens is 468 g/mol. The number of urea groups is 1. The fourth-order valence-corrected chi connectivity index (χ4v) is 3.60. The highest BCUT2D eigenvalue weighted by Crippen LogP contribution is 2.09. The van der Waals surface area contributed by atoms with Crippen molar-refractivity contribution in [3.63, 3.8) is 0 Å². The van der Waals surface area contributed by atoms with Gasteiger partial charge in [-0.3, -0.25) is 28.9 Å². The van der Waals surface area contributed by atoms with E-state index < -0.39 is 24.0 Å². The third-order valence-corrected chi connectivity index (χ3v) is 5.48. The predicted molar refractivity (Wildman–Crippen MR) is 133 cm³/mol. The fraction of sp³-hybridized carbons (Fsp3) is 0.667. The van der Waals surface area contributed by atoms with Gasteiger partial charge in [-0.25, -0.2) is 4.79 Å². The van der Waals surface area contributed by atoms with E-state index in [0.29, 0.717) is 32.2 Å². The molecule has 0 bridgehead atoms. The molecule has 2 atom stereocenters. The molecule has 36 heavy (non-hydrogen) atoms. The number of amides is 7. The van der Waals surface area contributed by atoms with Crippen LogP contribution in [-0.4, -0.2) is 71.7 Å². The highest BCUT2D eigenvalue weighted by Gasteiger charge is 2.29. The molecule has 202 valence electrons. The zero-order chi connectivity index (χ0) is 27.3. The molecule has 1 aliphatic heterocycles. The molecular formula is C24H40N6O6. The van der Waals surface area contributed by atoms with Crippen LogP contribution in [0.5, 0.6) is 0 Å². The minimum Gasteiger partial charge on any atom is -0.352 e. The summed E-state index contributed by atoms with van der Waals surface area (Å²) in [6, 6.07) is -2.46. The van der Waals surface area contributed by atoms with Gasteiger partial charge in [-0.15, -0.1) is 0 Å². The van der Waals surface area contributed by atoms with Crippen LogP contribution >= 0.6 is 0 Å². The second-order valence-corrected chi connectivity index (χ2v) is 9.42. The normalized spacial score (nSPS) is 14.7. The van der Waals surface area contributed by atoms with Gasteiger partial charge in [-0.2, -0.15) is 0 Å². The van der Waals surface area contributed by atoms with Crippen molar-refractivity contribution >= 4 is 35.6 Å². The Balaban J connectivity index is 2.56. The molecule has 0 saturated heterocycles. The number of hydrogen-bond donors (Lipinski definition) is 5. The van der Waals surface area contributed by atoms with Crippen LogP contribution in [-0.2, 0) is 24.0 Å². The van der Waals surface area contributed by atoms with Gasteiger partial charge < -0.3 is 27.0 Å². The van der Waals surface area contributed by atoms with Gasteiger partial charge in [0.25, 0.3) is 11.8 Å². The largest absolute Gasteiger partial charge is 0.352 e. The van der Waals surface area contributed by atoms with Crippen LogP contribution in [0.3, 0.4) is 0 Å². The number of nitrogens with one attached hydrogen (secondary N) is 4. The molecule has 0 radical (unpaired) electrons. The zero-order valence-electron chi connectivity index (χ0n) is 21.6. The van der Waals surface area contributed by atoms with Gasteiger partial charge in [0.15, 0.2) is 0 Å². The van der Waals surface area contributed by atoms with Crippen molar-refractivity contribution in [2.75, 3.05) is 13.1 Å². The Labute approximate surface area is 212 Å². The molecule has 0 spiro atoms. The number of imide groups is 1. The highest BCUT2D eigenvalue weighted by atomic mass is 16.2. The molecule has 0 aromatic heterocycles. The van der Waals surface area contributed by atoms with Crippen molar-refractivity contribution in [3.8, 4) is 0 Å². The van der Waals surface area contributed by atoms with Crippen LogP contribution in [0, 0.1) is 5.92 Å². The summed E-state index contributed by atoms with van der Waals surface area (Å²) in [6.07, 6.45) is 5.12. The number of carbonyl (C=O) groups is 6. The van der Waals surface area contributed by atoms with Crippen molar-refractivity contribution < 1.29 is 28.8 Å². The Morgan fingerprint density at radius 3 is 2.06 bits per heavy atom. The molecule has 1 rings (SSSR count). The number of unbranched alkanes of at least 4 members (excludes halogenated alkanes) is 2. The first kappa shape index (κ1) is 30.6. The summed E-state index contributed by atoms with van der Waals surface area (Å²) in [5.74, 6) is -1.99. The Morgan fingerprint density at radius 1 is 0.861 bits per heavy atom. The lowest BCUT2D eigenvalue weighted by Crippen LogP contribution is -2.56. The number of hydrogen-bond acceptors (Lipinski definition) is 6. The molecule has 12 nitrogen and oxygen atoms in total. The maximum atomic E-state index is 13.0. The van der Waals surface area contributed by atoms with Gasteiger partial charge in [-0.1, -0.05) is 20.3 Å². The Morgan fingerprint density at radius 2 is 1.50 bits per heavy atom. The van der Waals surface area contributed by atoms with E-state index in [-0.39, 0.29) is 55.0 Å². The van der Waals surface area contributed by atoms with Crippen LogP contribution in [0.15, 0.2) is 12.2 Å². The first-order chi connectivity index (χ1) is 16.9. The average molecular weight is 509 g/mol. The quantitative estimate of drug-likeness (QED) is 0.145. The van der Waals surface area contributed by atoms with E-state index in [1.165, 1.54) is 12.2 Å². The summed E-state index contributed by atoms with van der Waals surface area (Å²) >= 11 is 0. The van der Waals surface area contributed by atoms with Crippen LogP contribution < -0.4 is 27.0 Å². The fourth-order valence-electron chi connectivity index (χ4n) is 3.60. The summed E-state index contributed by atoms with van der Waals surface area (Å²) in [4.78, 5) is 73.2. The first-order valence-electron chi connectivity index (χ1n) is 12.4. The van der Waals surface area contributed by atoms with Crippen LogP contribution in [0.25, 0.3) is 0 Å². The second-order valence-electron chi connectivity index (χ2n) is 9.42. The van der Waals surface area contributed by atoms with Crippen molar-refractivity contribution in [2.24, 2.45) is 11.7 Å². The van der Waals surface area contributed by atoms with Gasteiger partial charge in [0.05, 0.1) is 0 Å². The number of rotatable bonds is 16. The zero-order valence-corrected chi connectivity index (χ0v) is 21.6. The van der Waals surface area contributed by atoms with E-state index >= 15 is 0 Å². The van der Waals surface area contributed by atoms with Gasteiger partial charge >= 0.3 is 6.03 Å². The lowest BCUT2D eigenvalue weighted by atomic mass is 10.0. The van der Waals surface area contributed by atoms with E-state index in [0.717, 1.165) is 4.90 Å². The second kappa shape index (κ2) is 15.5. The molecule has 0 aromatic carbocycles. The van der Waals surface area contributed by atoms with Gasteiger partial charge in [0.2, 0.25) is 17.7 Å². The molecule has 0 unspecified atom stereocenters. The summed E-state index contributed by atoms with van der Waals surface area (Å²) in [7, 11) is 0. The molecule has 7 amide bonds. The van der Waals surface area contributed by atoms with E-state index in [2.05, 4.69) is 21.3 Å². The Hall–Kier alpha value is -3.44. The van der Waals surface area contributed by atoms with Gasteiger partial charge in [0.1, 0.15) is 12.1 Å². The molecule has 0 aliphatic carbocycles. The lowest BCUT2D eigenvalue weighted by molar-refractivity contribution is -0.137. The van der Waals surface area contributed by atoms with Crippen molar-refractivity contribution in [3.05, 3.63) is 12.2 Å². The molecule has 1 aliphatic rings. The number of carbonyl (C=O) groups excluding carboxylic acids is 6. The number of nitrogens with two attached hydrogens (primary N) is 1. The number of primary amides is 1. The Kier molecular flexibility index (Phi) is 13.2. The third kappa shape index (κ3) is 11.3. The predicted octanol–water partition coefficient (Wildman–Crippen LogP) is 0.0705. The lowest BCUT2D eigenvalue weighted by Gasteiger charge is -2.26. The van der Waals surface area contributed by atoms with Crippen molar-refractivity contribution in [1.29, 1.82) is 0 Å². The smallest absolute Gasteiger partial charge is 0.312 e. The molecule has 12 heteroatoms. The van der Waals surface area contributed by atoms with Crippen LogP contribution in [0.4, 0.5) is 4.79 Å². The molecule has 0 aromatic rings. The minimum absolute atomic E-state index is 0.126. The van der Waals surface area contributed by atoms with E-state index in [1.54, 1.807) is 27.7 Å². The summed E-state index contributed by atoms with van der Waals surface area (Å²) in [5.41, 5.74) is 5.06. The van der Waals surface area contributed by atoms with Gasteiger partial charge in [0, 0.05) is 37.7 Å². The summed E-state index contributed by atoms with van der Waals surface area (Å²) < 4.78 is 0. The maximum Gasteiger partial charge on any atom is 0.312 e. The summed E-state index contributed by atoms with van der Waals surface area (Å²) in [6.45, 7) is 7.77. The first-order valence-corrected chi connectivity index (χ1v) is 12.4. The third-order valence-electron chi connectivity index (χ3n) is 5.48.